The zero-order valence-corrected chi connectivity index (χ0v) is 14.3. The van der Waals surface area contributed by atoms with Crippen molar-refractivity contribution in [2.45, 2.75) is 18.4 Å². The fourth-order valence-electron chi connectivity index (χ4n) is 2.25. The molecule has 0 spiro atoms. The molecule has 0 heterocycles. The summed E-state index contributed by atoms with van der Waals surface area (Å²) in [7, 11) is -1.11. The van der Waals surface area contributed by atoms with Crippen LogP contribution in [0.4, 0.5) is 0 Å². The van der Waals surface area contributed by atoms with Crippen molar-refractivity contribution in [2.24, 2.45) is 0 Å². The predicted molar refractivity (Wildman–Crippen MR) is 92.5 cm³/mol. The first kappa shape index (κ1) is 14.8. The first-order valence-electron chi connectivity index (χ1n) is 6.69. The van der Waals surface area contributed by atoms with Gasteiger partial charge in [-0.05, 0) is 23.8 Å². The Labute approximate surface area is 124 Å². The lowest BCUT2D eigenvalue weighted by molar-refractivity contribution is 1.34. The third-order valence-electron chi connectivity index (χ3n) is 3.33. The van der Waals surface area contributed by atoms with Crippen LogP contribution < -0.4 is 10.6 Å². The number of alkyl halides is 1. The van der Waals surface area contributed by atoms with Crippen molar-refractivity contribution in [3.05, 3.63) is 60.7 Å². The Hall–Kier alpha value is -0.623. The summed E-state index contributed by atoms with van der Waals surface area (Å²) in [6.07, 6.45) is 0. The molecule has 2 aromatic carbocycles. The van der Waals surface area contributed by atoms with Crippen LogP contribution in [0, 0.1) is 0 Å². The summed E-state index contributed by atoms with van der Waals surface area (Å²) in [4.78, 5) is 0. The van der Waals surface area contributed by atoms with Crippen LogP contribution in [0.2, 0.25) is 13.1 Å². The van der Waals surface area contributed by atoms with Gasteiger partial charge in [0.25, 0.3) is 0 Å². The van der Waals surface area contributed by atoms with Crippen LogP contribution in [0.3, 0.4) is 0 Å². The highest BCUT2D eigenvalue weighted by Crippen LogP contribution is 2.41. The Morgan fingerprint density at radius 2 is 1.32 bits per heavy atom. The van der Waals surface area contributed by atoms with Crippen LogP contribution >= 0.6 is 19.5 Å². The van der Waals surface area contributed by atoms with Crippen LogP contribution in [0.5, 0.6) is 0 Å². The Bertz CT molecular complexity index is 447. The van der Waals surface area contributed by atoms with Crippen LogP contribution in [0.15, 0.2) is 60.7 Å². The molecule has 0 aliphatic heterocycles. The van der Waals surface area contributed by atoms with Crippen molar-refractivity contribution in [3.63, 3.8) is 0 Å². The van der Waals surface area contributed by atoms with Crippen molar-refractivity contribution >= 4 is 38.9 Å². The van der Waals surface area contributed by atoms with Gasteiger partial charge in [-0.1, -0.05) is 73.8 Å². The SMILES string of the molecule is C[SiH](C)C(CCl)P(c1ccccc1)c1ccccc1. The van der Waals surface area contributed by atoms with Crippen LogP contribution in [0.1, 0.15) is 0 Å². The summed E-state index contributed by atoms with van der Waals surface area (Å²) in [5.41, 5.74) is 0. The van der Waals surface area contributed by atoms with E-state index in [9.17, 15) is 0 Å². The molecule has 0 radical (unpaired) electrons. The second kappa shape index (κ2) is 7.24. The van der Waals surface area contributed by atoms with Crippen LogP contribution in [0.25, 0.3) is 0 Å². The van der Waals surface area contributed by atoms with Gasteiger partial charge in [-0.25, -0.2) is 0 Å². The summed E-state index contributed by atoms with van der Waals surface area (Å²) < 4.78 is 0. The quantitative estimate of drug-likeness (QED) is 0.448. The van der Waals surface area contributed by atoms with E-state index in [1.54, 1.807) is 0 Å². The molecule has 0 aliphatic carbocycles. The second-order valence-electron chi connectivity index (χ2n) is 5.01. The Kier molecular flexibility index (Phi) is 5.63. The zero-order valence-electron chi connectivity index (χ0n) is 11.5. The molecule has 0 saturated heterocycles. The summed E-state index contributed by atoms with van der Waals surface area (Å²) in [5.74, 6) is 0.777. The molecule has 0 N–H and O–H groups in total. The Morgan fingerprint density at radius 1 is 0.895 bits per heavy atom. The van der Waals surface area contributed by atoms with Gasteiger partial charge in [0.2, 0.25) is 0 Å². The maximum atomic E-state index is 6.31. The molecular formula is C16H20ClPSi. The molecule has 19 heavy (non-hydrogen) atoms. The highest BCUT2D eigenvalue weighted by atomic mass is 35.5. The maximum Gasteiger partial charge on any atom is 0.0410 e. The van der Waals surface area contributed by atoms with Crippen molar-refractivity contribution in [1.29, 1.82) is 0 Å². The molecular weight excluding hydrogens is 287 g/mol. The minimum absolute atomic E-state index is 0.324. The van der Waals surface area contributed by atoms with E-state index in [1.807, 2.05) is 0 Å². The zero-order chi connectivity index (χ0) is 13.7. The third kappa shape index (κ3) is 3.69. The van der Waals surface area contributed by atoms with Gasteiger partial charge >= 0.3 is 0 Å². The minimum Gasteiger partial charge on any atom is -0.126 e. The largest absolute Gasteiger partial charge is 0.126 e. The number of hydrogen-bond acceptors (Lipinski definition) is 0. The van der Waals surface area contributed by atoms with E-state index in [-0.39, 0.29) is 7.92 Å². The van der Waals surface area contributed by atoms with Gasteiger partial charge in [0.15, 0.2) is 0 Å². The molecule has 0 amide bonds. The smallest absolute Gasteiger partial charge is 0.0410 e. The fraction of sp³-hybridized carbons (Fsp3) is 0.250. The first-order chi connectivity index (χ1) is 9.24. The lowest BCUT2D eigenvalue weighted by atomic mass is 10.4. The number of benzene rings is 2. The highest BCUT2D eigenvalue weighted by Gasteiger charge is 2.26. The van der Waals surface area contributed by atoms with E-state index in [0.29, 0.717) is 5.28 Å². The first-order valence-corrected chi connectivity index (χ1v) is 11.6. The molecule has 0 aromatic heterocycles. The molecule has 0 bridgehead atoms. The molecule has 0 nitrogen and oxygen atoms in total. The van der Waals surface area contributed by atoms with Gasteiger partial charge < -0.3 is 0 Å². The van der Waals surface area contributed by atoms with Crippen molar-refractivity contribution in [3.8, 4) is 0 Å². The normalized spacial score (nSPS) is 12.9. The molecule has 0 fully saturated rings. The molecule has 100 valence electrons. The highest BCUT2D eigenvalue weighted by molar-refractivity contribution is 7.75. The van der Waals surface area contributed by atoms with Crippen LogP contribution in [-0.4, -0.2) is 20.0 Å². The molecule has 1 unspecified atom stereocenters. The van der Waals surface area contributed by atoms with Gasteiger partial charge in [-0.3, -0.25) is 0 Å². The van der Waals surface area contributed by atoms with Gasteiger partial charge in [-0.2, -0.15) is 0 Å². The number of hydrogen-bond donors (Lipinski definition) is 0. The van der Waals surface area contributed by atoms with E-state index in [4.69, 9.17) is 11.6 Å². The van der Waals surface area contributed by atoms with Gasteiger partial charge in [0.1, 0.15) is 0 Å². The van der Waals surface area contributed by atoms with Gasteiger partial charge in [0, 0.05) is 14.7 Å². The fourth-order valence-corrected chi connectivity index (χ4v) is 9.70. The predicted octanol–water partition coefficient (Wildman–Crippen LogP) is 3.75. The molecule has 0 saturated carbocycles. The van der Waals surface area contributed by atoms with Gasteiger partial charge in [0.05, 0.1) is 0 Å². The van der Waals surface area contributed by atoms with E-state index >= 15 is 0 Å². The summed E-state index contributed by atoms with van der Waals surface area (Å²) in [6.45, 7) is 4.82. The minimum atomic E-state index is -0.786. The van der Waals surface area contributed by atoms with E-state index in [2.05, 4.69) is 73.8 Å². The topological polar surface area (TPSA) is 0 Å². The molecule has 0 aliphatic rings. The number of halogens is 1. The average Bonchev–Trinajstić information content (AvgIpc) is 2.46. The standard InChI is InChI=1S/C16H20ClPSi/c1-19(2)16(13-17)18(14-9-5-3-6-10-14)15-11-7-4-8-12-15/h3-12,16,19H,13H2,1-2H3. The third-order valence-corrected chi connectivity index (χ3v) is 11.2. The van der Waals surface area contributed by atoms with Crippen molar-refractivity contribution in [2.75, 3.05) is 5.88 Å². The maximum absolute atomic E-state index is 6.31. The Morgan fingerprint density at radius 3 is 1.63 bits per heavy atom. The number of rotatable bonds is 5. The van der Waals surface area contributed by atoms with Crippen molar-refractivity contribution in [1.82, 2.24) is 0 Å². The van der Waals surface area contributed by atoms with Crippen molar-refractivity contribution < 1.29 is 0 Å². The Balaban J connectivity index is 2.45. The summed E-state index contributed by atoms with van der Waals surface area (Å²) in [5, 5.41) is 3.56. The monoisotopic (exact) mass is 306 g/mol. The lowest BCUT2D eigenvalue weighted by Crippen LogP contribution is -2.32. The van der Waals surface area contributed by atoms with E-state index < -0.39 is 8.80 Å². The molecule has 2 aromatic rings. The van der Waals surface area contributed by atoms with Crippen LogP contribution in [-0.2, 0) is 0 Å². The molecule has 3 heteroatoms. The lowest BCUT2D eigenvalue weighted by Gasteiger charge is -2.29. The molecule has 1 atom stereocenters. The second-order valence-corrected chi connectivity index (χ2v) is 11.6. The summed E-state index contributed by atoms with van der Waals surface area (Å²) in [6, 6.07) is 21.8. The average molecular weight is 307 g/mol. The summed E-state index contributed by atoms with van der Waals surface area (Å²) >= 11 is 6.31. The van der Waals surface area contributed by atoms with E-state index in [1.165, 1.54) is 10.6 Å². The van der Waals surface area contributed by atoms with Gasteiger partial charge in [-0.15, -0.1) is 11.6 Å². The van der Waals surface area contributed by atoms with E-state index in [0.717, 1.165) is 5.88 Å². The molecule has 2 rings (SSSR count).